The van der Waals surface area contributed by atoms with E-state index in [-0.39, 0.29) is 18.9 Å². The Morgan fingerprint density at radius 2 is 2.11 bits per heavy atom. The van der Waals surface area contributed by atoms with Crippen LogP contribution in [-0.4, -0.2) is 43.2 Å². The molecule has 0 atom stereocenters. The Balaban J connectivity index is 1.81. The van der Waals surface area contributed by atoms with Crippen molar-refractivity contribution in [2.24, 2.45) is 0 Å². The lowest BCUT2D eigenvalue weighted by molar-refractivity contribution is -0.121. The number of nitrogens with one attached hydrogen (secondary N) is 1. The molecule has 0 unspecified atom stereocenters. The summed E-state index contributed by atoms with van der Waals surface area (Å²) in [5.41, 5.74) is 1.25. The number of anilines is 1. The van der Waals surface area contributed by atoms with Gasteiger partial charge in [-0.05, 0) is 37.5 Å². The minimum absolute atomic E-state index is 0.0862. The highest BCUT2D eigenvalue weighted by Crippen LogP contribution is 2.28. The lowest BCUT2D eigenvalue weighted by atomic mass is 10.2. The third-order valence-electron chi connectivity index (χ3n) is 4.15. The van der Waals surface area contributed by atoms with Crippen LogP contribution in [0.1, 0.15) is 24.8 Å². The van der Waals surface area contributed by atoms with Gasteiger partial charge in [-0.2, -0.15) is 0 Å². The van der Waals surface area contributed by atoms with Crippen molar-refractivity contribution in [1.29, 1.82) is 0 Å². The number of rotatable bonds is 10. The molecule has 1 heterocycles. The van der Waals surface area contributed by atoms with Crippen LogP contribution in [0.4, 0.5) is 5.69 Å². The van der Waals surface area contributed by atoms with E-state index in [1.807, 2.05) is 10.8 Å². The second-order valence-corrected chi connectivity index (χ2v) is 8.64. The number of imidazole rings is 1. The third-order valence-corrected chi connectivity index (χ3v) is 5.74. The van der Waals surface area contributed by atoms with Gasteiger partial charge in [-0.3, -0.25) is 9.10 Å². The number of aromatic nitrogens is 2. The molecule has 0 saturated heterocycles. The van der Waals surface area contributed by atoms with Gasteiger partial charge in [0.2, 0.25) is 15.9 Å². The lowest BCUT2D eigenvalue weighted by Gasteiger charge is -2.24. The summed E-state index contributed by atoms with van der Waals surface area (Å²) in [6.07, 6.45) is 7.97. The van der Waals surface area contributed by atoms with Crippen LogP contribution in [0.3, 0.4) is 0 Å². The number of carbonyl (C=O) groups excluding carboxylic acids is 1. The molecule has 0 radical (unpaired) electrons. The summed E-state index contributed by atoms with van der Waals surface area (Å²) in [5.74, 6) is -0.0862. The Morgan fingerprint density at radius 1 is 1.33 bits per heavy atom. The van der Waals surface area contributed by atoms with Crippen LogP contribution in [0.2, 0.25) is 5.02 Å². The van der Waals surface area contributed by atoms with Crippen molar-refractivity contribution in [1.82, 2.24) is 14.9 Å². The number of halogens is 1. The van der Waals surface area contributed by atoms with E-state index in [1.165, 1.54) is 4.31 Å². The van der Waals surface area contributed by atoms with Crippen LogP contribution in [-0.2, 0) is 21.4 Å². The molecule has 1 aromatic heterocycles. The van der Waals surface area contributed by atoms with Gasteiger partial charge in [0.1, 0.15) is 0 Å². The maximum absolute atomic E-state index is 12.2. The molecule has 1 N–H and O–H groups in total. The number of amides is 1. The van der Waals surface area contributed by atoms with E-state index in [9.17, 15) is 13.2 Å². The average Bonchev–Trinajstić information content (AvgIpc) is 3.11. The van der Waals surface area contributed by atoms with Gasteiger partial charge in [0.15, 0.2) is 0 Å². The summed E-state index contributed by atoms with van der Waals surface area (Å²) in [5, 5.41) is 3.37. The molecule has 27 heavy (non-hydrogen) atoms. The molecule has 0 spiro atoms. The fraction of sp³-hybridized carbons (Fsp3) is 0.444. The molecule has 148 valence electrons. The van der Waals surface area contributed by atoms with E-state index in [0.717, 1.165) is 19.2 Å². The highest BCUT2D eigenvalue weighted by atomic mass is 35.5. The summed E-state index contributed by atoms with van der Waals surface area (Å²) < 4.78 is 27.6. The van der Waals surface area contributed by atoms with Crippen molar-refractivity contribution in [2.75, 3.05) is 23.7 Å². The molecule has 1 aromatic carbocycles. The number of sulfonamides is 1. The Kier molecular flexibility index (Phi) is 7.67. The topological polar surface area (TPSA) is 84.3 Å². The predicted molar refractivity (Wildman–Crippen MR) is 107 cm³/mol. The van der Waals surface area contributed by atoms with Crippen LogP contribution in [0.25, 0.3) is 0 Å². The second-order valence-electron chi connectivity index (χ2n) is 6.33. The molecule has 1 amide bonds. The third kappa shape index (κ3) is 6.55. The van der Waals surface area contributed by atoms with Crippen LogP contribution < -0.4 is 9.62 Å². The first-order valence-corrected chi connectivity index (χ1v) is 11.0. The summed E-state index contributed by atoms with van der Waals surface area (Å²) in [7, 11) is -3.47. The number of carbonyl (C=O) groups is 1. The molecule has 0 aliphatic rings. The Morgan fingerprint density at radius 3 is 2.78 bits per heavy atom. The number of hydrogen-bond acceptors (Lipinski definition) is 4. The average molecular weight is 413 g/mol. The minimum atomic E-state index is -3.47. The molecule has 0 bridgehead atoms. The molecule has 0 saturated carbocycles. The van der Waals surface area contributed by atoms with E-state index in [0.29, 0.717) is 29.2 Å². The van der Waals surface area contributed by atoms with Gasteiger partial charge >= 0.3 is 0 Å². The molecule has 9 heteroatoms. The van der Waals surface area contributed by atoms with E-state index in [1.54, 1.807) is 37.6 Å². The Hall–Kier alpha value is -2.06. The summed E-state index contributed by atoms with van der Waals surface area (Å²) >= 11 is 6.11. The van der Waals surface area contributed by atoms with Gasteiger partial charge in [0.25, 0.3) is 0 Å². The lowest BCUT2D eigenvalue weighted by Crippen LogP contribution is -2.33. The summed E-state index contributed by atoms with van der Waals surface area (Å²) in [6, 6.07) is 5.16. The van der Waals surface area contributed by atoms with Gasteiger partial charge in [-0.15, -0.1) is 0 Å². The first-order chi connectivity index (χ1) is 12.8. The first kappa shape index (κ1) is 21.2. The van der Waals surface area contributed by atoms with E-state index in [2.05, 4.69) is 10.3 Å². The van der Waals surface area contributed by atoms with Crippen molar-refractivity contribution in [3.8, 4) is 0 Å². The van der Waals surface area contributed by atoms with Crippen LogP contribution in [0.5, 0.6) is 0 Å². The van der Waals surface area contributed by atoms with E-state index < -0.39 is 10.0 Å². The molecule has 2 rings (SSSR count). The standard InChI is InChI=1S/C18H25ClN4O3S/c1-15-16(19)6-3-7-17(15)23(27(2,25)26)12-4-8-18(24)21-9-5-11-22-13-10-20-14-22/h3,6-7,10,13-14H,4-5,8-9,11-12H2,1-2H3,(H,21,24). The maximum Gasteiger partial charge on any atom is 0.232 e. The molecule has 0 aliphatic heterocycles. The number of benzene rings is 1. The van der Waals surface area contributed by atoms with Crippen molar-refractivity contribution in [3.63, 3.8) is 0 Å². The van der Waals surface area contributed by atoms with Gasteiger partial charge in [-0.25, -0.2) is 13.4 Å². The van der Waals surface area contributed by atoms with Gasteiger partial charge in [0.05, 0.1) is 18.3 Å². The van der Waals surface area contributed by atoms with Gasteiger partial charge in [-0.1, -0.05) is 17.7 Å². The van der Waals surface area contributed by atoms with Crippen molar-refractivity contribution < 1.29 is 13.2 Å². The fourth-order valence-corrected chi connectivity index (χ4v) is 3.90. The smallest absolute Gasteiger partial charge is 0.232 e. The summed E-state index contributed by atoms with van der Waals surface area (Å²) in [6.45, 7) is 3.36. The van der Waals surface area contributed by atoms with E-state index in [4.69, 9.17) is 11.6 Å². The number of aryl methyl sites for hydroxylation is 1. The Labute approximate surface area is 165 Å². The number of hydrogen-bond donors (Lipinski definition) is 1. The molecular weight excluding hydrogens is 388 g/mol. The van der Waals surface area contributed by atoms with Crippen LogP contribution in [0.15, 0.2) is 36.9 Å². The zero-order chi connectivity index (χ0) is 19.9. The van der Waals surface area contributed by atoms with Crippen molar-refractivity contribution in [3.05, 3.63) is 47.5 Å². The molecule has 2 aromatic rings. The van der Waals surface area contributed by atoms with Crippen LogP contribution >= 0.6 is 11.6 Å². The Bertz CT molecular complexity index is 853. The predicted octanol–water partition coefficient (Wildman–Crippen LogP) is 2.60. The largest absolute Gasteiger partial charge is 0.356 e. The highest BCUT2D eigenvalue weighted by Gasteiger charge is 2.20. The first-order valence-electron chi connectivity index (χ1n) is 8.74. The van der Waals surface area contributed by atoms with Crippen molar-refractivity contribution >= 4 is 33.2 Å². The van der Waals surface area contributed by atoms with Crippen LogP contribution in [0, 0.1) is 6.92 Å². The second kappa shape index (κ2) is 9.75. The summed E-state index contributed by atoms with van der Waals surface area (Å²) in [4.78, 5) is 15.9. The maximum atomic E-state index is 12.2. The normalized spacial score (nSPS) is 11.4. The fourth-order valence-electron chi connectivity index (χ4n) is 2.71. The molecule has 0 aliphatic carbocycles. The number of nitrogens with zero attached hydrogens (tertiary/aromatic N) is 3. The molecule has 7 nitrogen and oxygen atoms in total. The minimum Gasteiger partial charge on any atom is -0.356 e. The zero-order valence-corrected chi connectivity index (χ0v) is 17.1. The quantitative estimate of drug-likeness (QED) is 0.608. The van der Waals surface area contributed by atoms with Gasteiger partial charge < -0.3 is 9.88 Å². The SMILES string of the molecule is Cc1c(Cl)cccc1N(CCCC(=O)NCCCn1ccnc1)S(C)(=O)=O. The monoisotopic (exact) mass is 412 g/mol. The van der Waals surface area contributed by atoms with E-state index >= 15 is 0 Å². The van der Waals surface area contributed by atoms with Gasteiger partial charge in [0, 0.05) is 43.5 Å². The highest BCUT2D eigenvalue weighted by molar-refractivity contribution is 7.92. The molecule has 0 fully saturated rings. The van der Waals surface area contributed by atoms with Crippen molar-refractivity contribution in [2.45, 2.75) is 32.7 Å². The molecular formula is C18H25ClN4O3S. The zero-order valence-electron chi connectivity index (χ0n) is 15.6.